The second-order valence-electron chi connectivity index (χ2n) is 4.96. The first-order valence-corrected chi connectivity index (χ1v) is 7.68. The molecule has 0 radical (unpaired) electrons. The fourth-order valence-corrected chi connectivity index (χ4v) is 3.12. The monoisotopic (exact) mass is 298 g/mol. The zero-order chi connectivity index (χ0) is 14.5. The number of amides is 1. The van der Waals surface area contributed by atoms with Gasteiger partial charge in [0.15, 0.2) is 5.13 Å². The summed E-state index contributed by atoms with van der Waals surface area (Å²) < 4.78 is 0. The van der Waals surface area contributed by atoms with Crippen molar-refractivity contribution < 1.29 is 4.79 Å². The minimum atomic E-state index is -0.180. The third-order valence-electron chi connectivity index (χ3n) is 3.24. The van der Waals surface area contributed by atoms with Crippen LogP contribution in [-0.2, 0) is 0 Å². The molecule has 7 nitrogen and oxygen atoms in total. The Bertz CT molecular complexity index is 463. The average Bonchev–Trinajstić information content (AvgIpc) is 2.81. The van der Waals surface area contributed by atoms with Crippen molar-refractivity contribution in [3.05, 3.63) is 4.88 Å². The molecule has 0 bridgehead atoms. The molecule has 1 amide bonds. The second kappa shape index (κ2) is 6.87. The number of nitrogens with one attached hydrogen (secondary N) is 1. The summed E-state index contributed by atoms with van der Waals surface area (Å²) in [5.41, 5.74) is 17.2. The molecule has 2 rings (SSSR count). The van der Waals surface area contributed by atoms with Crippen LogP contribution in [0.15, 0.2) is 0 Å². The van der Waals surface area contributed by atoms with E-state index in [1.54, 1.807) is 0 Å². The predicted octanol–water partition coefficient (Wildman–Crippen LogP) is -0.269. The lowest BCUT2D eigenvalue weighted by molar-refractivity contribution is 0.0958. The van der Waals surface area contributed by atoms with E-state index in [1.165, 1.54) is 11.3 Å². The van der Waals surface area contributed by atoms with Crippen molar-refractivity contribution in [1.82, 2.24) is 10.3 Å². The third-order valence-corrected chi connectivity index (χ3v) is 4.37. The van der Waals surface area contributed by atoms with Crippen LogP contribution in [0.3, 0.4) is 0 Å². The number of hydrogen-bond acceptors (Lipinski definition) is 7. The zero-order valence-corrected chi connectivity index (χ0v) is 12.3. The first-order chi connectivity index (χ1) is 9.61. The Labute approximate surface area is 122 Å². The number of nitrogens with zero attached hydrogens (tertiary/aromatic N) is 2. The molecule has 1 aliphatic rings. The fraction of sp³-hybridized carbons (Fsp3) is 0.667. The SMILES string of the molecule is NCCCNC(=O)c1sc(N2CCCC(N)C2)nc1N. The Hall–Kier alpha value is -1.38. The maximum atomic E-state index is 12.0. The summed E-state index contributed by atoms with van der Waals surface area (Å²) in [4.78, 5) is 18.9. The van der Waals surface area contributed by atoms with E-state index < -0.39 is 0 Å². The molecule has 0 spiro atoms. The van der Waals surface area contributed by atoms with Crippen molar-refractivity contribution in [2.24, 2.45) is 11.5 Å². The van der Waals surface area contributed by atoms with Crippen molar-refractivity contribution in [1.29, 1.82) is 0 Å². The molecule has 1 aromatic rings. The molecule has 1 atom stereocenters. The van der Waals surface area contributed by atoms with E-state index in [-0.39, 0.29) is 17.8 Å². The molecule has 20 heavy (non-hydrogen) atoms. The van der Waals surface area contributed by atoms with Crippen LogP contribution in [0.4, 0.5) is 10.9 Å². The highest BCUT2D eigenvalue weighted by Gasteiger charge is 2.23. The maximum Gasteiger partial charge on any atom is 0.265 e. The molecule has 1 aromatic heterocycles. The van der Waals surface area contributed by atoms with Crippen LogP contribution in [0.25, 0.3) is 0 Å². The lowest BCUT2D eigenvalue weighted by Crippen LogP contribution is -2.42. The number of anilines is 2. The first-order valence-electron chi connectivity index (χ1n) is 6.87. The van der Waals surface area contributed by atoms with E-state index >= 15 is 0 Å². The number of rotatable bonds is 5. The Morgan fingerprint density at radius 2 is 2.35 bits per heavy atom. The van der Waals surface area contributed by atoms with Crippen LogP contribution in [0, 0.1) is 0 Å². The van der Waals surface area contributed by atoms with Crippen LogP contribution in [0.2, 0.25) is 0 Å². The molecule has 112 valence electrons. The molecular weight excluding hydrogens is 276 g/mol. The van der Waals surface area contributed by atoms with Crippen molar-refractivity contribution in [2.75, 3.05) is 36.8 Å². The van der Waals surface area contributed by atoms with E-state index in [0.717, 1.165) is 37.5 Å². The average molecular weight is 298 g/mol. The van der Waals surface area contributed by atoms with Gasteiger partial charge in [-0.1, -0.05) is 11.3 Å². The number of piperidine rings is 1. The summed E-state index contributed by atoms with van der Waals surface area (Å²) in [7, 11) is 0. The summed E-state index contributed by atoms with van der Waals surface area (Å²) >= 11 is 1.33. The fourth-order valence-electron chi connectivity index (χ4n) is 2.19. The topological polar surface area (TPSA) is 123 Å². The number of nitrogens with two attached hydrogens (primary N) is 3. The molecular formula is C12H22N6OS. The Morgan fingerprint density at radius 1 is 1.55 bits per heavy atom. The highest BCUT2D eigenvalue weighted by molar-refractivity contribution is 7.18. The molecule has 8 heteroatoms. The smallest absolute Gasteiger partial charge is 0.265 e. The molecule has 1 unspecified atom stereocenters. The van der Waals surface area contributed by atoms with Gasteiger partial charge in [0.05, 0.1) is 0 Å². The highest BCUT2D eigenvalue weighted by Crippen LogP contribution is 2.29. The van der Waals surface area contributed by atoms with Crippen LogP contribution < -0.4 is 27.4 Å². The first kappa shape index (κ1) is 15.0. The molecule has 0 aromatic carbocycles. The Morgan fingerprint density at radius 3 is 3.05 bits per heavy atom. The largest absolute Gasteiger partial charge is 0.382 e. The predicted molar refractivity (Wildman–Crippen MR) is 82.0 cm³/mol. The van der Waals surface area contributed by atoms with Gasteiger partial charge in [0.25, 0.3) is 5.91 Å². The Balaban J connectivity index is 2.03. The number of nitrogen functional groups attached to an aromatic ring is 1. The van der Waals surface area contributed by atoms with Crippen LogP contribution in [0.1, 0.15) is 28.9 Å². The van der Waals surface area contributed by atoms with E-state index in [1.807, 2.05) is 0 Å². The molecule has 2 heterocycles. The minimum Gasteiger partial charge on any atom is -0.382 e. The van der Waals surface area contributed by atoms with Gasteiger partial charge in [-0.15, -0.1) is 0 Å². The van der Waals surface area contributed by atoms with E-state index in [4.69, 9.17) is 17.2 Å². The lowest BCUT2D eigenvalue weighted by Gasteiger charge is -2.30. The standard InChI is InChI=1S/C12H22N6OS/c13-4-2-5-16-11(19)9-10(15)17-12(20-9)18-6-1-3-8(14)7-18/h8H,1-7,13-15H2,(H,16,19). The number of carbonyl (C=O) groups excluding carboxylic acids is 1. The number of carbonyl (C=O) groups is 1. The van der Waals surface area contributed by atoms with Gasteiger partial charge in [-0.3, -0.25) is 4.79 Å². The summed E-state index contributed by atoms with van der Waals surface area (Å²) in [6.45, 7) is 2.78. The highest BCUT2D eigenvalue weighted by atomic mass is 32.1. The third kappa shape index (κ3) is 3.59. The van der Waals surface area contributed by atoms with Gasteiger partial charge in [0, 0.05) is 25.7 Å². The molecule has 7 N–H and O–H groups in total. The van der Waals surface area contributed by atoms with Crippen LogP contribution in [0.5, 0.6) is 0 Å². The van der Waals surface area contributed by atoms with Gasteiger partial charge < -0.3 is 27.4 Å². The van der Waals surface area contributed by atoms with Crippen molar-refractivity contribution >= 4 is 28.2 Å². The molecule has 0 aliphatic carbocycles. The van der Waals surface area contributed by atoms with Crippen LogP contribution >= 0.6 is 11.3 Å². The lowest BCUT2D eigenvalue weighted by atomic mass is 10.1. The van der Waals surface area contributed by atoms with Crippen molar-refractivity contribution in [3.8, 4) is 0 Å². The number of thiazole rings is 1. The van der Waals surface area contributed by atoms with Gasteiger partial charge in [-0.2, -0.15) is 0 Å². The van der Waals surface area contributed by atoms with Gasteiger partial charge in [-0.25, -0.2) is 4.98 Å². The van der Waals surface area contributed by atoms with E-state index in [9.17, 15) is 4.79 Å². The second-order valence-corrected chi connectivity index (χ2v) is 5.93. The Kier molecular flexibility index (Phi) is 5.16. The zero-order valence-electron chi connectivity index (χ0n) is 11.5. The number of hydrogen-bond donors (Lipinski definition) is 4. The summed E-state index contributed by atoms with van der Waals surface area (Å²) in [6.07, 6.45) is 2.82. The maximum absolute atomic E-state index is 12.0. The van der Waals surface area contributed by atoms with Gasteiger partial charge in [0.1, 0.15) is 10.7 Å². The van der Waals surface area contributed by atoms with Gasteiger partial charge in [0.2, 0.25) is 0 Å². The van der Waals surface area contributed by atoms with E-state index in [0.29, 0.717) is 18.0 Å². The number of aromatic nitrogens is 1. The molecule has 1 aliphatic heterocycles. The summed E-state index contributed by atoms with van der Waals surface area (Å²) in [6, 6.07) is 0.163. The quantitative estimate of drug-likeness (QED) is 0.555. The van der Waals surface area contributed by atoms with E-state index in [2.05, 4.69) is 15.2 Å². The molecule has 1 fully saturated rings. The summed E-state index contributed by atoms with van der Waals surface area (Å²) in [5, 5.41) is 3.57. The van der Waals surface area contributed by atoms with Gasteiger partial charge >= 0.3 is 0 Å². The molecule has 0 saturated carbocycles. The normalized spacial score (nSPS) is 19.1. The van der Waals surface area contributed by atoms with Gasteiger partial charge in [-0.05, 0) is 25.8 Å². The molecule has 1 saturated heterocycles. The van der Waals surface area contributed by atoms with Crippen molar-refractivity contribution in [2.45, 2.75) is 25.3 Å². The minimum absolute atomic E-state index is 0.163. The summed E-state index contributed by atoms with van der Waals surface area (Å²) in [5.74, 6) is 0.107. The van der Waals surface area contributed by atoms with Crippen molar-refractivity contribution in [3.63, 3.8) is 0 Å². The van der Waals surface area contributed by atoms with Crippen LogP contribution in [-0.4, -0.2) is 43.1 Å².